The van der Waals surface area contributed by atoms with E-state index in [1.54, 1.807) is 0 Å². The minimum Gasteiger partial charge on any atom is -0.219 e. The van der Waals surface area contributed by atoms with Crippen LogP contribution in [0.2, 0.25) is 0 Å². The Balaban J connectivity index is 0.000000154. The first-order chi connectivity index (χ1) is 29.8. The van der Waals surface area contributed by atoms with E-state index in [2.05, 4.69) is 215 Å². The largest absolute Gasteiger partial charge is 0.219 e. The SMILES string of the molecule is c1ccc(-c2cn(-c3ccccc3P(c3ccccc3)c3ccccc3)nn2)cc1.c1ccc(-c2cn(-c3ccccc3P(c3ccccc3)c3ccccc3)nn2)cc1. The summed E-state index contributed by atoms with van der Waals surface area (Å²) in [7, 11) is -1.45. The number of rotatable bonds is 10. The maximum Gasteiger partial charge on any atom is 0.113 e. The van der Waals surface area contributed by atoms with Crippen molar-refractivity contribution in [1.82, 2.24) is 30.0 Å². The van der Waals surface area contributed by atoms with Crippen LogP contribution in [0.25, 0.3) is 33.9 Å². The van der Waals surface area contributed by atoms with Crippen molar-refractivity contribution < 1.29 is 0 Å². The molecule has 8 heteroatoms. The van der Waals surface area contributed by atoms with Gasteiger partial charge in [-0.15, -0.1) is 10.2 Å². The summed E-state index contributed by atoms with van der Waals surface area (Å²) in [5.41, 5.74) is 5.99. The van der Waals surface area contributed by atoms with Crippen LogP contribution in [-0.4, -0.2) is 30.0 Å². The summed E-state index contributed by atoms with van der Waals surface area (Å²) >= 11 is 0. The van der Waals surface area contributed by atoms with Gasteiger partial charge < -0.3 is 0 Å². The number of hydrogen-bond donors (Lipinski definition) is 0. The third kappa shape index (κ3) is 8.67. The summed E-state index contributed by atoms with van der Waals surface area (Å²) in [5, 5.41) is 25.6. The lowest BCUT2D eigenvalue weighted by molar-refractivity contribution is 0.807. The Kier molecular flexibility index (Phi) is 11.9. The molecule has 0 fully saturated rings. The quantitative estimate of drug-likeness (QED) is 0.129. The molecule has 0 atom stereocenters. The van der Waals surface area contributed by atoms with Gasteiger partial charge in [0, 0.05) is 21.7 Å². The lowest BCUT2D eigenvalue weighted by atomic mass is 10.2. The standard InChI is InChI=1S/2C26H20N3P/c2*1-4-12-21(13-5-1)24-20-29(28-27-24)25-18-10-11-19-26(25)30(22-14-6-2-7-15-22)23-16-8-3-9-17-23/h2*1-20H. The number of para-hydroxylation sites is 2. The Bertz CT molecular complexity index is 2590. The topological polar surface area (TPSA) is 61.4 Å². The van der Waals surface area contributed by atoms with Gasteiger partial charge in [0.05, 0.1) is 23.8 Å². The highest BCUT2D eigenvalue weighted by Crippen LogP contribution is 2.36. The molecule has 2 aromatic heterocycles. The van der Waals surface area contributed by atoms with Crippen LogP contribution in [0, 0.1) is 0 Å². The van der Waals surface area contributed by atoms with Crippen molar-refractivity contribution in [3.05, 3.63) is 243 Å². The zero-order valence-electron chi connectivity index (χ0n) is 32.7. The summed E-state index contributed by atoms with van der Waals surface area (Å²) in [5.74, 6) is 0. The van der Waals surface area contributed by atoms with Crippen LogP contribution >= 0.6 is 15.8 Å². The van der Waals surface area contributed by atoms with Crippen LogP contribution in [-0.2, 0) is 0 Å². The zero-order valence-corrected chi connectivity index (χ0v) is 34.5. The lowest BCUT2D eigenvalue weighted by Crippen LogP contribution is -2.23. The van der Waals surface area contributed by atoms with E-state index in [9.17, 15) is 0 Å². The van der Waals surface area contributed by atoms with E-state index in [-0.39, 0.29) is 0 Å². The van der Waals surface area contributed by atoms with Gasteiger partial charge in [0.15, 0.2) is 0 Å². The molecule has 10 rings (SSSR count). The Hall–Kier alpha value is -7.10. The monoisotopic (exact) mass is 810 g/mol. The summed E-state index contributed by atoms with van der Waals surface area (Å²) in [6.45, 7) is 0. The summed E-state index contributed by atoms with van der Waals surface area (Å²) < 4.78 is 3.80. The van der Waals surface area contributed by atoms with Crippen molar-refractivity contribution in [1.29, 1.82) is 0 Å². The van der Waals surface area contributed by atoms with Gasteiger partial charge in [-0.3, -0.25) is 0 Å². The summed E-state index contributed by atoms with van der Waals surface area (Å²) in [6.07, 6.45) is 4.02. The maximum atomic E-state index is 4.47. The maximum absolute atomic E-state index is 4.47. The Labute approximate surface area is 353 Å². The molecule has 0 spiro atoms. The molecule has 0 radical (unpaired) electrons. The van der Waals surface area contributed by atoms with Crippen LogP contribution < -0.4 is 31.8 Å². The molecule has 0 unspecified atom stereocenters. The van der Waals surface area contributed by atoms with E-state index in [0.29, 0.717) is 0 Å². The molecule has 0 aliphatic heterocycles. The predicted octanol–water partition coefficient (Wildman–Crippen LogP) is 9.39. The van der Waals surface area contributed by atoms with Gasteiger partial charge in [0.1, 0.15) is 11.4 Å². The van der Waals surface area contributed by atoms with Crippen LogP contribution in [0.3, 0.4) is 0 Å². The molecular weight excluding hydrogens is 771 g/mol. The molecule has 8 aromatic carbocycles. The molecule has 2 heterocycles. The molecule has 6 nitrogen and oxygen atoms in total. The molecule has 10 aromatic rings. The molecule has 60 heavy (non-hydrogen) atoms. The fourth-order valence-corrected chi connectivity index (χ4v) is 12.0. The molecule has 0 amide bonds. The third-order valence-corrected chi connectivity index (χ3v) is 14.9. The van der Waals surface area contributed by atoms with Gasteiger partial charge in [-0.25, -0.2) is 9.36 Å². The van der Waals surface area contributed by atoms with Crippen molar-refractivity contribution in [2.24, 2.45) is 0 Å². The molecule has 0 N–H and O–H groups in total. The highest BCUT2D eigenvalue weighted by molar-refractivity contribution is 7.80. The number of aromatic nitrogens is 6. The first-order valence-corrected chi connectivity index (χ1v) is 22.4. The van der Waals surface area contributed by atoms with E-state index >= 15 is 0 Å². The molecule has 0 aliphatic carbocycles. The van der Waals surface area contributed by atoms with Crippen molar-refractivity contribution >= 4 is 47.7 Å². The predicted molar refractivity (Wildman–Crippen MR) is 251 cm³/mol. The van der Waals surface area contributed by atoms with E-state index < -0.39 is 15.8 Å². The van der Waals surface area contributed by atoms with Crippen molar-refractivity contribution in [2.45, 2.75) is 0 Å². The van der Waals surface area contributed by atoms with E-state index in [0.717, 1.165) is 33.9 Å². The van der Waals surface area contributed by atoms with Crippen LogP contribution in [0.5, 0.6) is 0 Å². The van der Waals surface area contributed by atoms with Crippen molar-refractivity contribution in [3.8, 4) is 33.9 Å². The molecule has 0 saturated heterocycles. The van der Waals surface area contributed by atoms with Crippen molar-refractivity contribution in [3.63, 3.8) is 0 Å². The van der Waals surface area contributed by atoms with E-state index in [1.165, 1.54) is 31.8 Å². The Morgan fingerprint density at radius 1 is 0.283 bits per heavy atom. The second-order valence-corrected chi connectivity index (χ2v) is 18.2. The molecule has 0 saturated carbocycles. The van der Waals surface area contributed by atoms with Crippen LogP contribution in [0.1, 0.15) is 0 Å². The average Bonchev–Trinajstić information content (AvgIpc) is 4.04. The lowest BCUT2D eigenvalue weighted by Gasteiger charge is -2.21. The number of hydrogen-bond acceptors (Lipinski definition) is 4. The molecule has 0 bridgehead atoms. The highest BCUT2D eigenvalue weighted by Gasteiger charge is 2.22. The smallest absolute Gasteiger partial charge is 0.113 e. The van der Waals surface area contributed by atoms with Crippen molar-refractivity contribution in [2.75, 3.05) is 0 Å². The first-order valence-electron chi connectivity index (χ1n) is 19.7. The average molecular weight is 811 g/mol. The highest BCUT2D eigenvalue weighted by atomic mass is 31.1. The van der Waals surface area contributed by atoms with Gasteiger partial charge >= 0.3 is 0 Å². The van der Waals surface area contributed by atoms with Gasteiger partial charge in [-0.1, -0.05) is 229 Å². The molecule has 288 valence electrons. The summed E-state index contributed by atoms with van der Waals surface area (Å²) in [4.78, 5) is 0. The van der Waals surface area contributed by atoms with E-state index in [1.807, 2.05) is 58.2 Å². The minimum absolute atomic E-state index is 0.724. The van der Waals surface area contributed by atoms with Gasteiger partial charge in [-0.2, -0.15) is 0 Å². The van der Waals surface area contributed by atoms with Crippen LogP contribution in [0.15, 0.2) is 243 Å². The van der Waals surface area contributed by atoms with Crippen LogP contribution in [0.4, 0.5) is 0 Å². The van der Waals surface area contributed by atoms with Gasteiger partial charge in [0.2, 0.25) is 0 Å². The Morgan fingerprint density at radius 2 is 0.550 bits per heavy atom. The number of nitrogens with zero attached hydrogens (tertiary/aromatic N) is 6. The van der Waals surface area contributed by atoms with E-state index in [4.69, 9.17) is 0 Å². The fraction of sp³-hybridized carbons (Fsp3) is 0. The fourth-order valence-electron chi connectivity index (χ4n) is 7.10. The second-order valence-electron chi connectivity index (χ2n) is 13.8. The zero-order chi connectivity index (χ0) is 40.4. The normalized spacial score (nSPS) is 11.0. The number of benzene rings is 8. The molecule has 0 aliphatic rings. The van der Waals surface area contributed by atoms with Gasteiger partial charge in [-0.05, 0) is 49.2 Å². The first kappa shape index (κ1) is 38.4. The Morgan fingerprint density at radius 3 is 0.867 bits per heavy atom. The third-order valence-electron chi connectivity index (χ3n) is 9.92. The van der Waals surface area contributed by atoms with Gasteiger partial charge in [0.25, 0.3) is 0 Å². The molecular formula is C52H40N6P2. The summed E-state index contributed by atoms with van der Waals surface area (Å²) in [6, 6.07) is 80.2. The minimum atomic E-state index is -0.724. The second kappa shape index (κ2) is 18.7.